The van der Waals surface area contributed by atoms with Gasteiger partial charge in [0.2, 0.25) is 5.91 Å². The number of thioether (sulfide) groups is 1. The van der Waals surface area contributed by atoms with Gasteiger partial charge in [-0.05, 0) is 56.1 Å². The van der Waals surface area contributed by atoms with Crippen LogP contribution in [0, 0.1) is 16.0 Å². The highest BCUT2D eigenvalue weighted by Gasteiger charge is 2.48. The first-order valence-electron chi connectivity index (χ1n) is 13.5. The lowest BCUT2D eigenvalue weighted by atomic mass is 9.84. The highest BCUT2D eigenvalue weighted by atomic mass is 32.2. The van der Waals surface area contributed by atoms with E-state index in [1.54, 1.807) is 6.92 Å². The van der Waals surface area contributed by atoms with Crippen LogP contribution >= 0.6 is 11.8 Å². The molecule has 11 nitrogen and oxygen atoms in total. The molecule has 2 aliphatic heterocycles. The van der Waals surface area contributed by atoms with Crippen molar-refractivity contribution in [3.05, 3.63) is 39.9 Å². The fourth-order valence-electron chi connectivity index (χ4n) is 4.51. The molecule has 2 fully saturated rings. The van der Waals surface area contributed by atoms with Crippen LogP contribution in [0.1, 0.15) is 53.0 Å². The number of ether oxygens (including phenoxy) is 1. The van der Waals surface area contributed by atoms with Crippen LogP contribution in [0.4, 0.5) is 10.5 Å². The fraction of sp³-hybridized carbons (Fsp3) is 0.630. The predicted octanol–water partition coefficient (Wildman–Crippen LogP) is 4.90. The van der Waals surface area contributed by atoms with Gasteiger partial charge in [-0.2, -0.15) is 4.99 Å². The zero-order valence-corrected chi connectivity index (χ0v) is 26.1. The number of non-ortho nitro benzene ring substituents is 1. The minimum absolute atomic E-state index is 0.0264. The number of likely N-dealkylation sites (tertiary alicyclic amines) is 1. The van der Waals surface area contributed by atoms with E-state index in [0.717, 1.165) is 6.42 Å². The third-order valence-electron chi connectivity index (χ3n) is 7.91. The molecule has 0 radical (unpaired) electrons. The lowest BCUT2D eigenvalue weighted by Gasteiger charge is -2.45. The highest BCUT2D eigenvalue weighted by molar-refractivity contribution is 8.14. The summed E-state index contributed by atoms with van der Waals surface area (Å²) in [5, 5.41) is 13.7. The standard InChI is InChI=1S/C27H40N4O7SSi/c1-17(38-40(6,7)27(3,4)5)24-22(29-25(24)33)14-23(32)39-21-12-13-30(15-21)18(2)28-26(34)37-16-19-8-10-20(11-9-19)31(35)36/h8-11,17,21-22,24H,12-16H2,1-7H3,(H,29,33)/t17-,21?,22-,24-/m1/s1. The molecule has 4 atom stereocenters. The van der Waals surface area contributed by atoms with E-state index in [2.05, 4.69) is 44.2 Å². The Morgan fingerprint density at radius 2 is 1.93 bits per heavy atom. The molecule has 0 saturated carbocycles. The van der Waals surface area contributed by atoms with Crippen LogP contribution in [-0.4, -0.2) is 71.6 Å². The van der Waals surface area contributed by atoms with Crippen molar-refractivity contribution in [2.24, 2.45) is 10.9 Å². The molecule has 1 aromatic carbocycles. The van der Waals surface area contributed by atoms with E-state index in [1.165, 1.54) is 36.0 Å². The Hall–Kier alpha value is -2.77. The second-order valence-electron chi connectivity index (χ2n) is 11.9. The topological polar surface area (TPSA) is 140 Å². The van der Waals surface area contributed by atoms with Crippen molar-refractivity contribution >= 4 is 48.7 Å². The second-order valence-corrected chi connectivity index (χ2v) is 18.0. The van der Waals surface area contributed by atoms with Crippen molar-refractivity contribution in [1.82, 2.24) is 10.2 Å². The van der Waals surface area contributed by atoms with Gasteiger partial charge in [-0.25, -0.2) is 4.79 Å². The zero-order valence-electron chi connectivity index (χ0n) is 24.3. The van der Waals surface area contributed by atoms with Crippen molar-refractivity contribution in [2.45, 2.75) is 89.6 Å². The van der Waals surface area contributed by atoms with E-state index in [-0.39, 0.29) is 58.1 Å². The largest absolute Gasteiger partial charge is 0.443 e. The fourth-order valence-corrected chi connectivity index (χ4v) is 7.07. The average molecular weight is 593 g/mol. The Kier molecular flexibility index (Phi) is 10.2. The Labute approximate surface area is 240 Å². The van der Waals surface area contributed by atoms with Crippen molar-refractivity contribution in [1.29, 1.82) is 0 Å². The number of rotatable bonds is 9. The molecule has 40 heavy (non-hydrogen) atoms. The van der Waals surface area contributed by atoms with Gasteiger partial charge in [-0.15, -0.1) is 0 Å². The Bertz CT molecular complexity index is 1150. The minimum atomic E-state index is -2.04. The van der Waals surface area contributed by atoms with E-state index in [0.29, 0.717) is 24.5 Å². The maximum absolute atomic E-state index is 12.9. The Morgan fingerprint density at radius 1 is 1.27 bits per heavy atom. The Balaban J connectivity index is 1.44. The summed E-state index contributed by atoms with van der Waals surface area (Å²) in [7, 11) is -2.04. The molecular weight excluding hydrogens is 552 g/mol. The second kappa shape index (κ2) is 12.8. The lowest BCUT2D eigenvalue weighted by molar-refractivity contribution is -0.384. The molecular formula is C27H40N4O7SSi. The number of carbonyl (C=O) groups is 3. The molecule has 0 bridgehead atoms. The van der Waals surface area contributed by atoms with E-state index in [4.69, 9.17) is 9.16 Å². The molecule has 2 saturated heterocycles. The summed E-state index contributed by atoms with van der Waals surface area (Å²) in [6, 6.07) is 5.54. The number of amides is 2. The summed E-state index contributed by atoms with van der Waals surface area (Å²) in [6.07, 6.45) is 0.0272. The molecule has 220 valence electrons. The van der Waals surface area contributed by atoms with Crippen LogP contribution in [0.5, 0.6) is 0 Å². The number of carbonyl (C=O) groups excluding carboxylic acids is 3. The van der Waals surface area contributed by atoms with Crippen LogP contribution < -0.4 is 5.32 Å². The third-order valence-corrected chi connectivity index (χ3v) is 13.6. The molecule has 1 aromatic rings. The molecule has 0 aromatic heterocycles. The summed E-state index contributed by atoms with van der Waals surface area (Å²) in [5.74, 6) is 0.116. The number of benzene rings is 1. The van der Waals surface area contributed by atoms with Gasteiger partial charge in [0.25, 0.3) is 5.69 Å². The van der Waals surface area contributed by atoms with Gasteiger partial charge >= 0.3 is 6.09 Å². The molecule has 2 heterocycles. The smallest absolute Gasteiger partial charge is 0.435 e. The number of nitro benzene ring substituents is 1. The van der Waals surface area contributed by atoms with Gasteiger partial charge in [-0.3, -0.25) is 19.7 Å². The van der Waals surface area contributed by atoms with Gasteiger partial charge in [0.1, 0.15) is 12.4 Å². The molecule has 1 unspecified atom stereocenters. The van der Waals surface area contributed by atoms with Crippen molar-refractivity contribution in [2.75, 3.05) is 13.1 Å². The quantitative estimate of drug-likeness (QED) is 0.106. The van der Waals surface area contributed by atoms with Gasteiger partial charge < -0.3 is 19.4 Å². The first-order chi connectivity index (χ1) is 18.6. The minimum Gasteiger partial charge on any atom is -0.443 e. The first kappa shape index (κ1) is 31.8. The number of hydrogen-bond acceptors (Lipinski definition) is 8. The van der Waals surface area contributed by atoms with Gasteiger partial charge in [0, 0.05) is 36.9 Å². The number of amidine groups is 1. The number of hydrogen-bond donors (Lipinski definition) is 1. The van der Waals surface area contributed by atoms with E-state index >= 15 is 0 Å². The summed E-state index contributed by atoms with van der Waals surface area (Å²) >= 11 is 1.28. The molecule has 1 N–H and O–H groups in total. The van der Waals surface area contributed by atoms with E-state index < -0.39 is 19.3 Å². The Morgan fingerprint density at radius 3 is 2.50 bits per heavy atom. The van der Waals surface area contributed by atoms with Crippen LogP contribution in [-0.2, 0) is 25.4 Å². The van der Waals surface area contributed by atoms with Crippen molar-refractivity contribution in [3.63, 3.8) is 0 Å². The number of aliphatic imine (C=N–C) groups is 1. The average Bonchev–Trinajstić information content (AvgIpc) is 3.29. The monoisotopic (exact) mass is 592 g/mol. The molecule has 2 amide bonds. The summed E-state index contributed by atoms with van der Waals surface area (Å²) in [4.78, 5) is 53.6. The third kappa shape index (κ3) is 8.13. The first-order valence-corrected chi connectivity index (χ1v) is 17.2. The molecule has 0 aliphatic carbocycles. The van der Waals surface area contributed by atoms with Crippen LogP contribution in [0.25, 0.3) is 0 Å². The lowest BCUT2D eigenvalue weighted by Crippen LogP contribution is -2.64. The maximum Gasteiger partial charge on any atom is 0.435 e. The van der Waals surface area contributed by atoms with Gasteiger partial charge in [0.15, 0.2) is 13.4 Å². The summed E-state index contributed by atoms with van der Waals surface area (Å²) in [5.41, 5.74) is 0.583. The molecule has 2 aliphatic rings. The maximum atomic E-state index is 12.9. The van der Waals surface area contributed by atoms with Crippen molar-refractivity contribution < 1.29 is 28.5 Å². The van der Waals surface area contributed by atoms with Crippen LogP contribution in [0.3, 0.4) is 0 Å². The summed E-state index contributed by atoms with van der Waals surface area (Å²) < 4.78 is 11.6. The predicted molar refractivity (Wildman–Crippen MR) is 157 cm³/mol. The number of nitro groups is 1. The highest BCUT2D eigenvalue weighted by Crippen LogP contribution is 2.39. The molecule has 13 heteroatoms. The normalized spacial score (nSPS) is 22.4. The zero-order chi connectivity index (χ0) is 29.8. The number of β-lactam (4-membered cyclic amide) rings is 1. The van der Waals surface area contributed by atoms with E-state index in [9.17, 15) is 24.5 Å². The molecule has 0 spiro atoms. The van der Waals surface area contributed by atoms with Gasteiger partial charge in [-0.1, -0.05) is 32.5 Å². The van der Waals surface area contributed by atoms with Crippen molar-refractivity contribution in [3.8, 4) is 0 Å². The summed E-state index contributed by atoms with van der Waals surface area (Å²) in [6.45, 7) is 15.6. The number of nitrogens with zero attached hydrogens (tertiary/aromatic N) is 3. The van der Waals surface area contributed by atoms with Gasteiger partial charge in [0.05, 0.1) is 23.0 Å². The van der Waals surface area contributed by atoms with E-state index in [1.807, 2.05) is 11.8 Å². The number of nitrogens with one attached hydrogen (secondary N) is 1. The molecule has 3 rings (SSSR count). The van der Waals surface area contributed by atoms with Crippen LogP contribution in [0.2, 0.25) is 18.1 Å². The van der Waals surface area contributed by atoms with Crippen LogP contribution in [0.15, 0.2) is 29.3 Å². The SMILES string of the molecule is CC(=NC(=O)OCc1ccc([N+](=O)[O-])cc1)N1CCC(SC(=O)C[C@H]2NC(=O)[C@@H]2[C@@H](C)O[Si](C)(C)C(C)(C)C)C1.